The van der Waals surface area contributed by atoms with E-state index in [0.717, 1.165) is 17.7 Å². The van der Waals surface area contributed by atoms with Crippen LogP contribution in [-0.4, -0.2) is 21.9 Å². The van der Waals surface area contributed by atoms with Gasteiger partial charge in [-0.2, -0.15) is 0 Å². The van der Waals surface area contributed by atoms with Gasteiger partial charge >= 0.3 is 0 Å². The minimum absolute atomic E-state index is 0.266. The Hall–Kier alpha value is -1.22. The average Bonchev–Trinajstić information content (AvgIpc) is 2.42. The first-order valence-corrected chi connectivity index (χ1v) is 5.25. The topological polar surface area (TPSA) is 52.5 Å². The monoisotopic (exact) mass is 207 g/mol. The maximum atomic E-state index is 9.72. The summed E-state index contributed by atoms with van der Waals surface area (Å²) in [5.41, 5.74) is 1.55. The number of phenolic OH excluding ortho intramolecular Hbond substituents is 1. The summed E-state index contributed by atoms with van der Waals surface area (Å²) in [5.74, 6) is 0.305. The summed E-state index contributed by atoms with van der Waals surface area (Å²) in [7, 11) is 0. The number of anilines is 1. The molecule has 0 aromatic heterocycles. The van der Waals surface area contributed by atoms with E-state index in [4.69, 9.17) is 0 Å². The molecule has 0 fully saturated rings. The number of fused-ring (bicyclic) bond motifs is 1. The Labute approximate surface area is 89.8 Å². The predicted octanol–water partition coefficient (Wildman–Crippen LogP) is 1.89. The first-order valence-electron chi connectivity index (χ1n) is 5.25. The van der Waals surface area contributed by atoms with Crippen molar-refractivity contribution < 1.29 is 10.2 Å². The molecule has 1 aliphatic heterocycles. The van der Waals surface area contributed by atoms with Crippen LogP contribution in [0.1, 0.15) is 25.8 Å². The largest absolute Gasteiger partial charge is 0.508 e. The number of aromatic hydroxyl groups is 1. The van der Waals surface area contributed by atoms with Gasteiger partial charge in [-0.15, -0.1) is 0 Å². The lowest BCUT2D eigenvalue weighted by atomic mass is 9.97. The number of phenols is 1. The molecule has 1 aliphatic rings. The first kappa shape index (κ1) is 10.3. The molecule has 3 nitrogen and oxygen atoms in total. The summed E-state index contributed by atoms with van der Waals surface area (Å²) in [6.07, 6.45) is 1.58. The van der Waals surface area contributed by atoms with E-state index in [-0.39, 0.29) is 6.04 Å². The van der Waals surface area contributed by atoms with E-state index >= 15 is 0 Å². The Kier molecular flexibility index (Phi) is 2.35. The summed E-state index contributed by atoms with van der Waals surface area (Å²) < 4.78 is 0. The second kappa shape index (κ2) is 3.42. The quantitative estimate of drug-likeness (QED) is 0.649. The van der Waals surface area contributed by atoms with E-state index in [1.807, 2.05) is 19.9 Å². The zero-order valence-corrected chi connectivity index (χ0v) is 9.12. The standard InChI is InChI=1S/C12H17NO2/c1-12(2,15)7-9-5-8-6-10(14)3-4-11(8)13-9/h3-4,6,9,13-15H,5,7H2,1-2H3. The third-order valence-corrected chi connectivity index (χ3v) is 2.66. The Morgan fingerprint density at radius 2 is 2.20 bits per heavy atom. The van der Waals surface area contributed by atoms with Gasteiger partial charge in [0.25, 0.3) is 0 Å². The Balaban J connectivity index is 2.09. The van der Waals surface area contributed by atoms with Crippen molar-refractivity contribution in [2.75, 3.05) is 5.32 Å². The van der Waals surface area contributed by atoms with Crippen LogP contribution in [0.4, 0.5) is 5.69 Å². The van der Waals surface area contributed by atoms with Crippen molar-refractivity contribution in [1.82, 2.24) is 0 Å². The molecule has 3 N–H and O–H groups in total. The van der Waals surface area contributed by atoms with Crippen LogP contribution in [0.2, 0.25) is 0 Å². The predicted molar refractivity (Wildman–Crippen MR) is 60.1 cm³/mol. The summed E-state index contributed by atoms with van der Waals surface area (Å²) in [5, 5.41) is 22.4. The van der Waals surface area contributed by atoms with Gasteiger partial charge in [-0.05, 0) is 50.5 Å². The Bertz CT molecular complexity index is 368. The van der Waals surface area contributed by atoms with Gasteiger partial charge in [-0.3, -0.25) is 0 Å². The molecule has 1 atom stereocenters. The van der Waals surface area contributed by atoms with E-state index in [0.29, 0.717) is 12.2 Å². The fraction of sp³-hybridized carbons (Fsp3) is 0.500. The molecule has 0 saturated carbocycles. The van der Waals surface area contributed by atoms with E-state index in [2.05, 4.69) is 5.32 Å². The highest BCUT2D eigenvalue weighted by atomic mass is 16.3. The van der Waals surface area contributed by atoms with Gasteiger partial charge in [-0.25, -0.2) is 0 Å². The van der Waals surface area contributed by atoms with Gasteiger partial charge in [0, 0.05) is 11.7 Å². The Morgan fingerprint density at radius 3 is 2.87 bits per heavy atom. The van der Waals surface area contributed by atoms with Crippen molar-refractivity contribution >= 4 is 5.69 Å². The molecule has 1 heterocycles. The van der Waals surface area contributed by atoms with Gasteiger partial charge in [0.2, 0.25) is 0 Å². The van der Waals surface area contributed by atoms with E-state index in [1.54, 1.807) is 12.1 Å². The maximum absolute atomic E-state index is 9.72. The molecule has 1 aromatic rings. The molecule has 1 unspecified atom stereocenters. The lowest BCUT2D eigenvalue weighted by Crippen LogP contribution is -2.29. The van der Waals surface area contributed by atoms with Gasteiger partial charge in [0.05, 0.1) is 5.60 Å². The summed E-state index contributed by atoms with van der Waals surface area (Å²) >= 11 is 0. The minimum atomic E-state index is -0.651. The highest BCUT2D eigenvalue weighted by Crippen LogP contribution is 2.31. The molecule has 0 amide bonds. The van der Waals surface area contributed by atoms with Crippen LogP contribution in [0, 0.1) is 0 Å². The molecule has 3 heteroatoms. The van der Waals surface area contributed by atoms with E-state index < -0.39 is 5.60 Å². The van der Waals surface area contributed by atoms with Gasteiger partial charge in [-0.1, -0.05) is 0 Å². The maximum Gasteiger partial charge on any atom is 0.116 e. The number of hydrogen-bond acceptors (Lipinski definition) is 3. The van der Waals surface area contributed by atoms with Gasteiger partial charge in [0.1, 0.15) is 5.75 Å². The summed E-state index contributed by atoms with van der Waals surface area (Å²) in [6.45, 7) is 3.63. The molecule has 1 aromatic carbocycles. The van der Waals surface area contributed by atoms with E-state index in [9.17, 15) is 10.2 Å². The molecule has 0 bridgehead atoms. The number of aliphatic hydroxyl groups is 1. The molecule has 0 aliphatic carbocycles. The van der Waals surface area contributed by atoms with Crippen LogP contribution in [-0.2, 0) is 6.42 Å². The van der Waals surface area contributed by atoms with E-state index in [1.165, 1.54) is 0 Å². The minimum Gasteiger partial charge on any atom is -0.508 e. The van der Waals surface area contributed by atoms with Crippen molar-refractivity contribution in [3.05, 3.63) is 23.8 Å². The van der Waals surface area contributed by atoms with Crippen molar-refractivity contribution in [3.8, 4) is 5.75 Å². The summed E-state index contributed by atoms with van der Waals surface area (Å²) in [6, 6.07) is 5.61. The highest BCUT2D eigenvalue weighted by Gasteiger charge is 2.26. The average molecular weight is 207 g/mol. The first-order chi connectivity index (χ1) is 6.94. The molecule has 15 heavy (non-hydrogen) atoms. The van der Waals surface area contributed by atoms with Crippen molar-refractivity contribution in [2.45, 2.75) is 38.3 Å². The number of benzene rings is 1. The normalized spacial score (nSPS) is 19.8. The second-order valence-corrected chi connectivity index (χ2v) is 4.90. The second-order valence-electron chi connectivity index (χ2n) is 4.90. The van der Waals surface area contributed by atoms with Crippen LogP contribution < -0.4 is 5.32 Å². The molecule has 0 spiro atoms. The molecule has 2 rings (SSSR count). The number of rotatable bonds is 2. The third kappa shape index (κ3) is 2.42. The van der Waals surface area contributed by atoms with Gasteiger partial charge in [0.15, 0.2) is 0 Å². The van der Waals surface area contributed by atoms with Crippen LogP contribution >= 0.6 is 0 Å². The zero-order chi connectivity index (χ0) is 11.1. The lowest BCUT2D eigenvalue weighted by molar-refractivity contribution is 0.0663. The van der Waals surface area contributed by atoms with Crippen molar-refractivity contribution in [1.29, 1.82) is 0 Å². The molecular weight excluding hydrogens is 190 g/mol. The van der Waals surface area contributed by atoms with Crippen LogP contribution in [0.25, 0.3) is 0 Å². The van der Waals surface area contributed by atoms with Crippen LogP contribution in [0.5, 0.6) is 5.75 Å². The van der Waals surface area contributed by atoms with Crippen molar-refractivity contribution in [3.63, 3.8) is 0 Å². The van der Waals surface area contributed by atoms with Crippen molar-refractivity contribution in [2.24, 2.45) is 0 Å². The number of hydrogen-bond donors (Lipinski definition) is 3. The smallest absolute Gasteiger partial charge is 0.116 e. The fourth-order valence-corrected chi connectivity index (χ4v) is 2.15. The van der Waals surface area contributed by atoms with Crippen LogP contribution in [0.15, 0.2) is 18.2 Å². The van der Waals surface area contributed by atoms with Gasteiger partial charge < -0.3 is 15.5 Å². The zero-order valence-electron chi connectivity index (χ0n) is 9.12. The summed E-state index contributed by atoms with van der Waals surface area (Å²) in [4.78, 5) is 0. The molecular formula is C12H17NO2. The molecule has 0 radical (unpaired) electrons. The molecule has 0 saturated heterocycles. The molecule has 82 valence electrons. The SMILES string of the molecule is CC(C)(O)CC1Cc2cc(O)ccc2N1. The lowest BCUT2D eigenvalue weighted by Gasteiger charge is -2.22. The third-order valence-electron chi connectivity index (χ3n) is 2.66. The highest BCUT2D eigenvalue weighted by molar-refractivity contribution is 5.58. The fourth-order valence-electron chi connectivity index (χ4n) is 2.15. The Morgan fingerprint density at radius 1 is 1.47 bits per heavy atom. The number of nitrogens with one attached hydrogen (secondary N) is 1. The van der Waals surface area contributed by atoms with Crippen LogP contribution in [0.3, 0.4) is 0 Å².